The van der Waals surface area contributed by atoms with Crippen LogP contribution in [0.5, 0.6) is 0 Å². The van der Waals surface area contributed by atoms with Gasteiger partial charge in [-0.05, 0) is 38.8 Å². The van der Waals surface area contributed by atoms with Gasteiger partial charge in [0.25, 0.3) is 0 Å². The predicted molar refractivity (Wildman–Crippen MR) is 122 cm³/mol. The second-order valence-corrected chi connectivity index (χ2v) is 9.02. The lowest BCUT2D eigenvalue weighted by molar-refractivity contribution is 0.0748. The molecule has 4 heterocycles. The molecule has 1 fully saturated rings. The van der Waals surface area contributed by atoms with Gasteiger partial charge in [-0.15, -0.1) is 0 Å². The van der Waals surface area contributed by atoms with Crippen LogP contribution in [0.1, 0.15) is 45.7 Å². The highest BCUT2D eigenvalue weighted by Gasteiger charge is 2.40. The summed E-state index contributed by atoms with van der Waals surface area (Å²) in [5, 5.41) is 12.8. The zero-order valence-electron chi connectivity index (χ0n) is 19.3. The van der Waals surface area contributed by atoms with E-state index in [1.807, 2.05) is 33.6 Å². The van der Waals surface area contributed by atoms with Crippen molar-refractivity contribution in [1.82, 2.24) is 20.1 Å². The molecule has 0 aliphatic carbocycles. The quantitative estimate of drug-likeness (QED) is 0.660. The van der Waals surface area contributed by atoms with Crippen LogP contribution in [0.15, 0.2) is 34.3 Å². The molecular formula is C23H29FN6O3. The number of piperazine rings is 1. The molecule has 33 heavy (non-hydrogen) atoms. The van der Waals surface area contributed by atoms with E-state index >= 15 is 4.39 Å². The fourth-order valence-electron chi connectivity index (χ4n) is 4.80. The van der Waals surface area contributed by atoms with Crippen molar-refractivity contribution < 1.29 is 19.1 Å². The molecule has 4 rings (SSSR count). The number of rotatable bonds is 2. The van der Waals surface area contributed by atoms with Gasteiger partial charge in [0.2, 0.25) is 5.82 Å². The number of halogens is 1. The number of anilines is 1. The van der Waals surface area contributed by atoms with Gasteiger partial charge in [0.15, 0.2) is 11.8 Å². The molecule has 0 bridgehead atoms. The first-order chi connectivity index (χ1) is 15.7. The molecule has 0 saturated carbocycles. The highest BCUT2D eigenvalue weighted by Crippen LogP contribution is 2.38. The molecule has 10 heteroatoms. The molecule has 1 saturated heterocycles. The molecule has 3 aliphatic rings. The fourth-order valence-corrected chi connectivity index (χ4v) is 4.80. The number of carbonyl (C=O) groups excluding carboxylic acids is 1. The summed E-state index contributed by atoms with van der Waals surface area (Å²) in [6.07, 6.45) is 1.13. The number of hydrogen-bond acceptors (Lipinski definition) is 7. The minimum Gasteiger partial charge on any atom is -0.465 e. The van der Waals surface area contributed by atoms with E-state index in [4.69, 9.17) is 0 Å². The third-order valence-electron chi connectivity index (χ3n) is 6.42. The van der Waals surface area contributed by atoms with Crippen LogP contribution in [-0.4, -0.2) is 76.0 Å². The Labute approximate surface area is 192 Å². The smallest absolute Gasteiger partial charge is 0.407 e. The van der Waals surface area contributed by atoms with Gasteiger partial charge in [-0.2, -0.15) is 0 Å². The van der Waals surface area contributed by atoms with E-state index in [1.54, 1.807) is 4.90 Å². The second-order valence-electron chi connectivity index (χ2n) is 9.02. The molecule has 0 unspecified atom stereocenters. The van der Waals surface area contributed by atoms with Crippen molar-refractivity contribution in [2.45, 2.75) is 52.1 Å². The average molecular weight is 457 g/mol. The third kappa shape index (κ3) is 4.00. The Bertz CT molecular complexity index is 1080. The SMILES string of the molecule is CC(C)c1nccc(F)c1N1C(=C=O)N=C(N2C[C@@H](C)N(C(=O)O)C[C@@H]2C)C2=C1CNCC2. The maximum atomic E-state index is 15.2. The summed E-state index contributed by atoms with van der Waals surface area (Å²) in [5.41, 5.74) is 2.44. The zero-order chi connectivity index (χ0) is 23.9. The highest BCUT2D eigenvalue weighted by atomic mass is 19.1. The van der Waals surface area contributed by atoms with Crippen molar-refractivity contribution in [1.29, 1.82) is 0 Å². The molecular weight excluding hydrogens is 427 g/mol. The summed E-state index contributed by atoms with van der Waals surface area (Å²) in [5.74, 6) is 1.98. The van der Waals surface area contributed by atoms with Crippen molar-refractivity contribution >= 4 is 23.6 Å². The lowest BCUT2D eigenvalue weighted by Gasteiger charge is -2.47. The Morgan fingerprint density at radius 2 is 2.06 bits per heavy atom. The van der Waals surface area contributed by atoms with E-state index in [2.05, 4.69) is 20.2 Å². The van der Waals surface area contributed by atoms with Crippen molar-refractivity contribution in [3.63, 3.8) is 0 Å². The van der Waals surface area contributed by atoms with Crippen molar-refractivity contribution in [2.75, 3.05) is 31.1 Å². The van der Waals surface area contributed by atoms with Crippen LogP contribution >= 0.6 is 0 Å². The standard InChI is InChI=1S/C23H29FN6O3/c1-13(2)20-21(17(24)6-8-26-20)30-18-9-25-7-5-16(18)22(27-19(30)12-31)28-10-15(4)29(23(32)33)11-14(28)3/h6,8,13-15,25H,5,7,9-11H2,1-4H3,(H,32,33)/t14-,15+/m0/s1. The summed E-state index contributed by atoms with van der Waals surface area (Å²) in [7, 11) is 0. The number of hydrogen-bond donors (Lipinski definition) is 2. The molecule has 2 atom stereocenters. The van der Waals surface area contributed by atoms with E-state index in [9.17, 15) is 14.7 Å². The molecule has 3 aliphatic heterocycles. The van der Waals surface area contributed by atoms with E-state index < -0.39 is 11.9 Å². The molecule has 1 amide bonds. The van der Waals surface area contributed by atoms with Crippen LogP contribution in [0.3, 0.4) is 0 Å². The van der Waals surface area contributed by atoms with Crippen molar-refractivity contribution in [3.05, 3.63) is 40.9 Å². The molecule has 0 spiro atoms. The number of amidine groups is 1. The third-order valence-corrected chi connectivity index (χ3v) is 6.42. The minimum absolute atomic E-state index is 0.0261. The van der Waals surface area contributed by atoms with Crippen LogP contribution in [0.4, 0.5) is 14.9 Å². The molecule has 1 aromatic heterocycles. The minimum atomic E-state index is -0.950. The molecule has 0 radical (unpaired) electrons. The summed E-state index contributed by atoms with van der Waals surface area (Å²) >= 11 is 0. The molecule has 9 nitrogen and oxygen atoms in total. The Morgan fingerprint density at radius 1 is 1.30 bits per heavy atom. The van der Waals surface area contributed by atoms with Crippen LogP contribution in [0, 0.1) is 5.82 Å². The first kappa shape index (κ1) is 22.9. The van der Waals surface area contributed by atoms with Crippen LogP contribution in [-0.2, 0) is 4.79 Å². The van der Waals surface area contributed by atoms with Gasteiger partial charge in [-0.25, -0.2) is 19.0 Å². The Morgan fingerprint density at radius 3 is 2.73 bits per heavy atom. The Kier molecular flexibility index (Phi) is 6.23. The summed E-state index contributed by atoms with van der Waals surface area (Å²) in [6.45, 7) is 9.58. The van der Waals surface area contributed by atoms with E-state index in [-0.39, 0.29) is 29.5 Å². The van der Waals surface area contributed by atoms with Gasteiger partial charge < -0.3 is 20.2 Å². The predicted octanol–water partition coefficient (Wildman–Crippen LogP) is 2.56. The molecule has 2 N–H and O–H groups in total. The highest BCUT2D eigenvalue weighted by molar-refractivity contribution is 6.03. The zero-order valence-corrected chi connectivity index (χ0v) is 19.3. The molecule has 176 valence electrons. The van der Waals surface area contributed by atoms with E-state index in [0.29, 0.717) is 37.6 Å². The van der Waals surface area contributed by atoms with Gasteiger partial charge >= 0.3 is 6.09 Å². The number of aliphatic imine (C=N–C) groups is 1. The van der Waals surface area contributed by atoms with Gasteiger partial charge in [0.1, 0.15) is 11.5 Å². The van der Waals surface area contributed by atoms with Crippen molar-refractivity contribution in [2.24, 2.45) is 4.99 Å². The van der Waals surface area contributed by atoms with Gasteiger partial charge in [0, 0.05) is 49.2 Å². The van der Waals surface area contributed by atoms with Crippen LogP contribution < -0.4 is 10.2 Å². The fraction of sp³-hybridized carbons (Fsp3) is 0.522. The van der Waals surface area contributed by atoms with Crippen LogP contribution in [0.25, 0.3) is 0 Å². The number of carboxylic acid groups (broad SMARTS) is 1. The summed E-state index contributed by atoms with van der Waals surface area (Å²) in [4.78, 5) is 37.8. The maximum absolute atomic E-state index is 15.2. The number of nitrogens with one attached hydrogen (secondary N) is 1. The number of amides is 1. The molecule has 1 aromatic rings. The summed E-state index contributed by atoms with van der Waals surface area (Å²) < 4.78 is 15.2. The van der Waals surface area contributed by atoms with E-state index in [1.165, 1.54) is 17.2 Å². The second kappa shape index (κ2) is 8.96. The van der Waals surface area contributed by atoms with E-state index in [0.717, 1.165) is 17.8 Å². The Hall–Kier alpha value is -3.23. The number of pyridine rings is 1. The average Bonchev–Trinajstić information content (AvgIpc) is 2.79. The topological polar surface area (TPSA) is 101 Å². The maximum Gasteiger partial charge on any atom is 0.407 e. The largest absolute Gasteiger partial charge is 0.465 e. The summed E-state index contributed by atoms with van der Waals surface area (Å²) in [6, 6.07) is 0.909. The van der Waals surface area contributed by atoms with Crippen LogP contribution in [0.2, 0.25) is 0 Å². The normalized spacial score (nSPS) is 23.5. The van der Waals surface area contributed by atoms with Gasteiger partial charge in [0.05, 0.1) is 5.69 Å². The monoisotopic (exact) mass is 456 g/mol. The Balaban J connectivity index is 1.82. The lowest BCUT2D eigenvalue weighted by Crippen LogP contribution is -2.60. The molecule has 0 aromatic carbocycles. The van der Waals surface area contributed by atoms with Gasteiger partial charge in [-0.1, -0.05) is 13.8 Å². The van der Waals surface area contributed by atoms with Gasteiger partial charge in [-0.3, -0.25) is 9.88 Å². The first-order valence-corrected chi connectivity index (χ1v) is 11.2. The number of nitrogens with zero attached hydrogens (tertiary/aromatic N) is 5. The van der Waals surface area contributed by atoms with Crippen molar-refractivity contribution in [3.8, 4) is 0 Å². The number of aromatic nitrogens is 1. The first-order valence-electron chi connectivity index (χ1n) is 11.2. The number of carbonyl (C=O) groups is 1. The lowest BCUT2D eigenvalue weighted by atomic mass is 9.97.